The fourth-order valence-electron chi connectivity index (χ4n) is 2.43. The van der Waals surface area contributed by atoms with E-state index >= 15 is 0 Å². The molecule has 8 heteroatoms. The van der Waals surface area contributed by atoms with E-state index in [9.17, 15) is 19.8 Å². The number of esters is 1. The van der Waals surface area contributed by atoms with Gasteiger partial charge in [0.1, 0.15) is 12.1 Å². The predicted molar refractivity (Wildman–Crippen MR) is 122 cm³/mol. The number of allylic oxidation sites excluding steroid dienone is 7. The van der Waals surface area contributed by atoms with Crippen molar-refractivity contribution in [1.82, 2.24) is 0 Å². The topological polar surface area (TPSA) is 113 Å². The molecular weight excluding hydrogens is 441 g/mol. The summed E-state index contributed by atoms with van der Waals surface area (Å²) in [6, 6.07) is -0.895. The number of nitrogens with two attached hydrogens (primary N) is 1. The van der Waals surface area contributed by atoms with E-state index in [0.29, 0.717) is 0 Å². The number of carboxylic acids is 1. The van der Waals surface area contributed by atoms with Gasteiger partial charge in [0.15, 0.2) is 0 Å². The van der Waals surface area contributed by atoms with E-state index < -0.39 is 30.2 Å². The SMILES string of the molecule is CCCCC/C=C\C\C=C/C=C/C=C/C(OC(=O)[C@@H](N)CS)[C@@H](O)CCCC(=O)[O-].[K+]. The molecule has 0 aliphatic rings. The Morgan fingerprint density at radius 2 is 1.81 bits per heavy atom. The predicted octanol–water partition coefficient (Wildman–Crippen LogP) is -0.364. The number of carboxylic acid groups (broad SMARTS) is 1. The van der Waals surface area contributed by atoms with Crippen LogP contribution >= 0.6 is 12.6 Å². The van der Waals surface area contributed by atoms with Gasteiger partial charge in [-0.15, -0.1) is 0 Å². The average molecular weight is 478 g/mol. The third-order valence-corrected chi connectivity index (χ3v) is 4.59. The standard InChI is InChI=1S/C23H37NO5S.K/c1-2-3-4-5-6-7-8-9-10-11-12-13-16-21(29-23(28)19(24)18-30)20(25)15-14-17-22(26)27;/h6-7,9-13,16,19-21,25,30H,2-5,8,14-15,17-18,24H2,1H3,(H,26,27);/q;+1/p-1/b7-6-,10-9-,12-11+,16-13+;/t19-,20-,21?;/m0./s1. The fraction of sp³-hybridized carbons (Fsp3) is 0.565. The molecule has 0 aromatic rings. The maximum atomic E-state index is 11.9. The van der Waals surface area contributed by atoms with E-state index in [-0.39, 0.29) is 76.4 Å². The molecule has 6 nitrogen and oxygen atoms in total. The molecule has 0 aromatic carbocycles. The van der Waals surface area contributed by atoms with Crippen molar-refractivity contribution in [1.29, 1.82) is 0 Å². The molecule has 0 saturated heterocycles. The number of hydrogen-bond donors (Lipinski definition) is 3. The summed E-state index contributed by atoms with van der Waals surface area (Å²) < 4.78 is 5.25. The monoisotopic (exact) mass is 477 g/mol. The van der Waals surface area contributed by atoms with E-state index in [4.69, 9.17) is 10.5 Å². The Kier molecular flexibility index (Phi) is 24.5. The van der Waals surface area contributed by atoms with Crippen molar-refractivity contribution in [2.45, 2.75) is 76.5 Å². The van der Waals surface area contributed by atoms with Gasteiger partial charge in [-0.25, -0.2) is 0 Å². The maximum Gasteiger partial charge on any atom is 1.00 e. The molecule has 0 amide bonds. The van der Waals surface area contributed by atoms with Crippen LogP contribution in [-0.4, -0.2) is 41.0 Å². The Hall–Kier alpha value is -0.194. The minimum absolute atomic E-state index is 0. The van der Waals surface area contributed by atoms with E-state index in [2.05, 4.69) is 31.7 Å². The summed E-state index contributed by atoms with van der Waals surface area (Å²) in [4.78, 5) is 22.4. The van der Waals surface area contributed by atoms with Gasteiger partial charge < -0.3 is 25.5 Å². The van der Waals surface area contributed by atoms with Gasteiger partial charge in [-0.2, -0.15) is 12.6 Å². The summed E-state index contributed by atoms with van der Waals surface area (Å²) in [5.74, 6) is -1.74. The number of carbonyl (C=O) groups excluding carboxylic acids is 2. The molecule has 0 aliphatic heterocycles. The zero-order chi connectivity index (χ0) is 22.6. The molecule has 0 heterocycles. The van der Waals surface area contributed by atoms with Crippen LogP contribution in [0.3, 0.4) is 0 Å². The molecule has 3 atom stereocenters. The van der Waals surface area contributed by atoms with Crippen LogP contribution in [0.5, 0.6) is 0 Å². The summed E-state index contributed by atoms with van der Waals surface area (Å²) in [5, 5.41) is 20.8. The average Bonchev–Trinajstić information content (AvgIpc) is 2.72. The first-order valence-electron chi connectivity index (χ1n) is 10.5. The second-order valence-corrected chi connectivity index (χ2v) is 7.29. The number of thiol groups is 1. The van der Waals surface area contributed by atoms with Crippen LogP contribution in [0.4, 0.5) is 0 Å². The first-order chi connectivity index (χ1) is 14.4. The molecule has 0 aromatic heterocycles. The summed E-state index contributed by atoms with van der Waals surface area (Å²) in [7, 11) is 0. The minimum atomic E-state index is -1.19. The summed E-state index contributed by atoms with van der Waals surface area (Å²) in [5.41, 5.74) is 5.60. The van der Waals surface area contributed by atoms with Gasteiger partial charge in [0.05, 0.1) is 6.10 Å². The number of unbranched alkanes of at least 4 members (excludes halogenated alkanes) is 3. The zero-order valence-corrected chi connectivity index (χ0v) is 22.8. The van der Waals surface area contributed by atoms with E-state index in [0.717, 1.165) is 12.8 Å². The Bertz CT molecular complexity index is 593. The van der Waals surface area contributed by atoms with E-state index in [1.807, 2.05) is 18.2 Å². The summed E-state index contributed by atoms with van der Waals surface area (Å²) in [6.07, 6.45) is 19.0. The number of hydrogen-bond acceptors (Lipinski definition) is 7. The molecule has 0 saturated carbocycles. The van der Waals surface area contributed by atoms with Gasteiger partial charge in [-0.3, -0.25) is 4.79 Å². The molecular formula is C23H36KNO5S. The number of carbonyl (C=O) groups is 2. The first kappa shape index (κ1) is 33.0. The van der Waals surface area contributed by atoms with Crippen molar-refractivity contribution in [2.24, 2.45) is 5.73 Å². The van der Waals surface area contributed by atoms with Crippen LogP contribution in [0.2, 0.25) is 0 Å². The van der Waals surface area contributed by atoms with Gasteiger partial charge in [-0.05, 0) is 44.6 Å². The van der Waals surface area contributed by atoms with Crippen molar-refractivity contribution in [3.05, 3.63) is 48.6 Å². The first-order valence-corrected chi connectivity index (χ1v) is 11.1. The van der Waals surface area contributed by atoms with Crippen molar-refractivity contribution < 1.29 is 75.9 Å². The third-order valence-electron chi connectivity index (χ3n) is 4.20. The van der Waals surface area contributed by atoms with Crippen molar-refractivity contribution in [2.75, 3.05) is 5.75 Å². The molecule has 0 spiro atoms. The Labute approximate surface area is 234 Å². The number of aliphatic carboxylic acids is 1. The fourth-order valence-corrected chi connectivity index (χ4v) is 2.57. The van der Waals surface area contributed by atoms with Gasteiger partial charge in [0, 0.05) is 11.7 Å². The Morgan fingerprint density at radius 3 is 2.45 bits per heavy atom. The molecule has 1 unspecified atom stereocenters. The van der Waals surface area contributed by atoms with Gasteiger partial charge in [0.2, 0.25) is 0 Å². The minimum Gasteiger partial charge on any atom is -0.550 e. The quantitative estimate of drug-likeness (QED) is 0.0658. The zero-order valence-electron chi connectivity index (χ0n) is 18.8. The molecule has 31 heavy (non-hydrogen) atoms. The summed E-state index contributed by atoms with van der Waals surface area (Å²) >= 11 is 3.96. The smallest absolute Gasteiger partial charge is 0.550 e. The number of rotatable bonds is 17. The van der Waals surface area contributed by atoms with Crippen LogP contribution in [0.25, 0.3) is 0 Å². The molecule has 0 radical (unpaired) electrons. The van der Waals surface area contributed by atoms with Crippen LogP contribution in [0, 0.1) is 0 Å². The van der Waals surface area contributed by atoms with Crippen LogP contribution < -0.4 is 62.2 Å². The van der Waals surface area contributed by atoms with Gasteiger partial charge >= 0.3 is 57.4 Å². The van der Waals surface area contributed by atoms with Crippen molar-refractivity contribution in [3.8, 4) is 0 Å². The molecule has 0 fully saturated rings. The normalized spacial score (nSPS) is 14.8. The van der Waals surface area contributed by atoms with E-state index in [1.54, 1.807) is 18.2 Å². The van der Waals surface area contributed by atoms with Crippen LogP contribution in [0.15, 0.2) is 48.6 Å². The van der Waals surface area contributed by atoms with Gasteiger partial charge in [-0.1, -0.05) is 62.3 Å². The molecule has 3 N–H and O–H groups in total. The second kappa shape index (κ2) is 23.0. The van der Waals surface area contributed by atoms with Crippen molar-refractivity contribution >= 4 is 24.6 Å². The number of aliphatic hydroxyl groups is 1. The van der Waals surface area contributed by atoms with Crippen LogP contribution in [0.1, 0.15) is 58.3 Å². The van der Waals surface area contributed by atoms with Gasteiger partial charge in [0.25, 0.3) is 0 Å². The summed E-state index contributed by atoms with van der Waals surface area (Å²) in [6.45, 7) is 2.19. The number of ether oxygens (including phenoxy) is 1. The molecule has 0 rings (SSSR count). The molecule has 0 aliphatic carbocycles. The third kappa shape index (κ3) is 20.2. The molecule has 0 bridgehead atoms. The Balaban J connectivity index is 0. The Morgan fingerprint density at radius 1 is 1.10 bits per heavy atom. The largest absolute Gasteiger partial charge is 1.00 e. The van der Waals surface area contributed by atoms with E-state index in [1.165, 1.54) is 19.3 Å². The molecule has 170 valence electrons. The second-order valence-electron chi connectivity index (χ2n) is 6.92. The van der Waals surface area contributed by atoms with Crippen LogP contribution in [-0.2, 0) is 14.3 Å². The van der Waals surface area contributed by atoms with Crippen molar-refractivity contribution in [3.63, 3.8) is 0 Å². The maximum absolute atomic E-state index is 11.9. The number of aliphatic hydroxyl groups excluding tert-OH is 1.